The van der Waals surface area contributed by atoms with Gasteiger partial charge in [0.15, 0.2) is 5.13 Å². The fraction of sp³-hybridized carbons (Fsp3) is 0.478. The third kappa shape index (κ3) is 5.70. The molecule has 1 aromatic carbocycles. The second kappa shape index (κ2) is 11.2. The first-order valence-corrected chi connectivity index (χ1v) is 15.0. The van der Waals surface area contributed by atoms with Crippen molar-refractivity contribution in [3.8, 4) is 0 Å². The van der Waals surface area contributed by atoms with Gasteiger partial charge in [-0.1, -0.05) is 42.9 Å². The number of thiophene rings is 1. The molecule has 1 amide bonds. The molecule has 7 nitrogen and oxygen atoms in total. The van der Waals surface area contributed by atoms with E-state index < -0.39 is 15.8 Å². The number of rotatable bonds is 9. The van der Waals surface area contributed by atoms with Crippen molar-refractivity contribution >= 4 is 65.6 Å². The molecule has 0 bridgehead atoms. The van der Waals surface area contributed by atoms with Crippen LogP contribution in [-0.4, -0.2) is 67.8 Å². The lowest BCUT2D eigenvalue weighted by molar-refractivity contribution is -0.123. The van der Waals surface area contributed by atoms with E-state index >= 15 is 0 Å². The largest absolute Gasteiger partial charge is 0.302 e. The highest BCUT2D eigenvalue weighted by atomic mass is 35.5. The molecule has 2 aromatic heterocycles. The Bertz CT molecular complexity index is 1280. The Labute approximate surface area is 218 Å². The van der Waals surface area contributed by atoms with Crippen LogP contribution in [0.1, 0.15) is 26.7 Å². The van der Waals surface area contributed by atoms with E-state index in [0.717, 1.165) is 24.4 Å². The van der Waals surface area contributed by atoms with Crippen LogP contribution in [0.25, 0.3) is 10.2 Å². The summed E-state index contributed by atoms with van der Waals surface area (Å²) < 4.78 is 42.9. The van der Waals surface area contributed by atoms with E-state index in [1.807, 2.05) is 0 Å². The highest BCUT2D eigenvalue weighted by molar-refractivity contribution is 7.91. The first kappa shape index (κ1) is 26.4. The topological polar surface area (TPSA) is 73.8 Å². The zero-order valence-electron chi connectivity index (χ0n) is 19.6. The Hall–Kier alpha value is -1.63. The molecule has 1 aliphatic heterocycles. The Morgan fingerprint density at radius 1 is 1.14 bits per heavy atom. The maximum absolute atomic E-state index is 14.3. The summed E-state index contributed by atoms with van der Waals surface area (Å²) in [5.74, 6) is -0.830. The number of hydrogen-bond acceptors (Lipinski definition) is 7. The molecule has 0 saturated carbocycles. The lowest BCUT2D eigenvalue weighted by Crippen LogP contribution is -2.46. The number of amides is 1. The Kier molecular flexibility index (Phi) is 8.45. The van der Waals surface area contributed by atoms with E-state index in [9.17, 15) is 17.6 Å². The number of likely N-dealkylation sites (N-methyl/N-ethyl adjacent to an activating group) is 1. The highest BCUT2D eigenvalue weighted by Gasteiger charge is 2.35. The van der Waals surface area contributed by atoms with E-state index in [1.54, 1.807) is 23.1 Å². The highest BCUT2D eigenvalue weighted by Crippen LogP contribution is 2.34. The summed E-state index contributed by atoms with van der Waals surface area (Å²) in [7, 11) is -3.63. The summed E-state index contributed by atoms with van der Waals surface area (Å²) in [6, 6.07) is 7.89. The van der Waals surface area contributed by atoms with Crippen molar-refractivity contribution in [3.63, 3.8) is 0 Å². The predicted molar refractivity (Wildman–Crippen MR) is 141 cm³/mol. The summed E-state index contributed by atoms with van der Waals surface area (Å²) in [6.45, 7) is 7.47. The van der Waals surface area contributed by atoms with Crippen molar-refractivity contribution in [2.75, 3.05) is 44.2 Å². The molecule has 1 saturated heterocycles. The molecule has 1 aliphatic rings. The van der Waals surface area contributed by atoms with Gasteiger partial charge in [-0.2, -0.15) is 4.31 Å². The lowest BCUT2D eigenvalue weighted by Gasteiger charge is -2.33. The van der Waals surface area contributed by atoms with Crippen LogP contribution in [0.3, 0.4) is 0 Å². The van der Waals surface area contributed by atoms with Crippen LogP contribution in [0.5, 0.6) is 0 Å². The number of fused-ring (bicyclic) bond motifs is 1. The van der Waals surface area contributed by atoms with Gasteiger partial charge < -0.3 is 4.90 Å². The van der Waals surface area contributed by atoms with E-state index in [1.165, 1.54) is 27.8 Å². The standard InChI is InChI=1S/C23H28ClFN4O3S3/c1-3-27(4-2)14-15-29(23-26-21-17(25)6-5-7-18(21)33-23)22(30)16-10-12-28(13-11-16)35(31,32)20-9-8-19(24)34-20/h5-9,16H,3-4,10-15H2,1-2H3. The van der Waals surface area contributed by atoms with E-state index in [0.29, 0.717) is 40.1 Å². The minimum absolute atomic E-state index is 0.0900. The van der Waals surface area contributed by atoms with Gasteiger partial charge in [0.1, 0.15) is 15.5 Å². The van der Waals surface area contributed by atoms with Crippen LogP contribution >= 0.6 is 34.3 Å². The zero-order valence-corrected chi connectivity index (χ0v) is 22.8. The molecular formula is C23H28ClFN4O3S3. The van der Waals surface area contributed by atoms with E-state index in [4.69, 9.17) is 11.6 Å². The number of benzene rings is 1. The smallest absolute Gasteiger partial charge is 0.252 e. The Morgan fingerprint density at radius 2 is 1.86 bits per heavy atom. The minimum Gasteiger partial charge on any atom is -0.302 e. The fourth-order valence-corrected chi connectivity index (χ4v) is 8.35. The Morgan fingerprint density at radius 3 is 2.46 bits per heavy atom. The minimum atomic E-state index is -3.63. The number of nitrogens with zero attached hydrogens (tertiary/aromatic N) is 4. The molecule has 4 rings (SSSR count). The van der Waals surface area contributed by atoms with Gasteiger partial charge in [0.2, 0.25) is 5.91 Å². The fourth-order valence-electron chi connectivity index (χ4n) is 4.23. The number of thiazole rings is 1. The third-order valence-electron chi connectivity index (χ3n) is 6.34. The van der Waals surface area contributed by atoms with Crippen LogP contribution in [0.2, 0.25) is 4.34 Å². The zero-order chi connectivity index (χ0) is 25.2. The summed E-state index contributed by atoms with van der Waals surface area (Å²) in [6.07, 6.45) is 0.830. The van der Waals surface area contributed by atoms with Gasteiger partial charge in [-0.05, 0) is 50.2 Å². The average molecular weight is 559 g/mol. The van der Waals surface area contributed by atoms with E-state index in [-0.39, 0.29) is 34.6 Å². The monoisotopic (exact) mass is 558 g/mol. The first-order valence-electron chi connectivity index (χ1n) is 11.6. The molecule has 0 aliphatic carbocycles. The van der Waals surface area contributed by atoms with Gasteiger partial charge in [0, 0.05) is 32.1 Å². The van der Waals surface area contributed by atoms with Crippen molar-refractivity contribution < 1.29 is 17.6 Å². The molecule has 3 heterocycles. The maximum atomic E-state index is 14.3. The number of hydrogen-bond donors (Lipinski definition) is 0. The predicted octanol–water partition coefficient (Wildman–Crippen LogP) is 4.93. The first-order chi connectivity index (χ1) is 16.7. The molecule has 1 fully saturated rings. The van der Waals surface area contributed by atoms with Crippen molar-refractivity contribution in [2.45, 2.75) is 30.9 Å². The van der Waals surface area contributed by atoms with Gasteiger partial charge in [0.05, 0.1) is 9.04 Å². The molecule has 12 heteroatoms. The molecule has 0 radical (unpaired) electrons. The van der Waals surface area contributed by atoms with Crippen molar-refractivity contribution in [2.24, 2.45) is 5.92 Å². The van der Waals surface area contributed by atoms with Crippen molar-refractivity contribution in [1.82, 2.24) is 14.2 Å². The van der Waals surface area contributed by atoms with Gasteiger partial charge in [-0.25, -0.2) is 17.8 Å². The normalized spacial score (nSPS) is 15.8. The molecular weight excluding hydrogens is 531 g/mol. The van der Waals surface area contributed by atoms with Crippen LogP contribution < -0.4 is 4.90 Å². The summed E-state index contributed by atoms with van der Waals surface area (Å²) >= 11 is 8.26. The SMILES string of the molecule is CCN(CC)CCN(C(=O)C1CCN(S(=O)(=O)c2ccc(Cl)s2)CC1)c1nc2c(F)cccc2s1. The number of piperidine rings is 1. The Balaban J connectivity index is 1.52. The van der Waals surface area contributed by atoms with Crippen LogP contribution in [-0.2, 0) is 14.8 Å². The van der Waals surface area contributed by atoms with Gasteiger partial charge in [-0.15, -0.1) is 11.3 Å². The molecule has 3 aromatic rings. The number of carbonyl (C=O) groups excluding carboxylic acids is 1. The van der Waals surface area contributed by atoms with Gasteiger partial charge in [-0.3, -0.25) is 9.69 Å². The second-order valence-electron chi connectivity index (χ2n) is 8.34. The quantitative estimate of drug-likeness (QED) is 0.372. The number of halogens is 2. The molecule has 35 heavy (non-hydrogen) atoms. The number of sulfonamides is 1. The van der Waals surface area contributed by atoms with E-state index in [2.05, 4.69) is 23.7 Å². The number of aromatic nitrogens is 1. The average Bonchev–Trinajstić information content (AvgIpc) is 3.49. The number of para-hydroxylation sites is 1. The van der Waals surface area contributed by atoms with Crippen LogP contribution in [0, 0.1) is 11.7 Å². The number of carbonyl (C=O) groups is 1. The van der Waals surface area contributed by atoms with Crippen LogP contribution in [0.15, 0.2) is 34.5 Å². The molecule has 190 valence electrons. The molecule has 0 spiro atoms. The summed E-state index contributed by atoms with van der Waals surface area (Å²) in [5.41, 5.74) is 0.267. The van der Waals surface area contributed by atoms with Gasteiger partial charge >= 0.3 is 0 Å². The molecule has 0 unspecified atom stereocenters. The lowest BCUT2D eigenvalue weighted by atomic mass is 9.96. The van der Waals surface area contributed by atoms with Crippen molar-refractivity contribution in [1.29, 1.82) is 0 Å². The third-order valence-corrected chi connectivity index (χ3v) is 11.0. The summed E-state index contributed by atoms with van der Waals surface area (Å²) in [5, 5.41) is 0.477. The molecule has 0 atom stereocenters. The molecule has 0 N–H and O–H groups in total. The van der Waals surface area contributed by atoms with Gasteiger partial charge in [0.25, 0.3) is 10.0 Å². The van der Waals surface area contributed by atoms with Crippen LogP contribution in [0.4, 0.5) is 9.52 Å². The second-order valence-corrected chi connectivity index (χ2v) is 13.2. The van der Waals surface area contributed by atoms with Crippen molar-refractivity contribution in [3.05, 3.63) is 40.5 Å². The number of anilines is 1. The maximum Gasteiger partial charge on any atom is 0.252 e. The summed E-state index contributed by atoms with van der Waals surface area (Å²) in [4.78, 5) is 22.0.